The molecule has 0 fully saturated rings. The summed E-state index contributed by atoms with van der Waals surface area (Å²) in [7, 11) is -3.44. The van der Waals surface area contributed by atoms with Crippen LogP contribution >= 0.6 is 0 Å². The normalized spacial score (nSPS) is 15.0. The summed E-state index contributed by atoms with van der Waals surface area (Å²) in [6, 6.07) is 7.05. The quantitative estimate of drug-likeness (QED) is 0.725. The number of rotatable bonds is 8. The molecule has 1 rings (SSSR count). The largest absolute Gasteiger partial charge is 0.393 e. The van der Waals surface area contributed by atoms with Crippen molar-refractivity contribution in [2.45, 2.75) is 57.0 Å². The highest BCUT2D eigenvalue weighted by Crippen LogP contribution is 2.20. The Morgan fingerprint density at radius 1 is 1.20 bits per heavy atom. The molecule has 4 nitrogen and oxygen atoms in total. The summed E-state index contributed by atoms with van der Waals surface area (Å²) in [5.74, 6) is 0.436. The van der Waals surface area contributed by atoms with Gasteiger partial charge in [-0.15, -0.1) is 0 Å². The van der Waals surface area contributed by atoms with Crippen molar-refractivity contribution in [3.8, 4) is 0 Å². The number of aliphatic hydroxyl groups is 1. The van der Waals surface area contributed by atoms with Crippen LogP contribution in [0.5, 0.6) is 0 Å². The highest BCUT2D eigenvalue weighted by atomic mass is 32.2. The molecular weight excluding hydrogens is 274 g/mol. The average Bonchev–Trinajstić information content (AvgIpc) is 2.43. The van der Waals surface area contributed by atoms with E-state index in [0.717, 1.165) is 12.0 Å². The standard InChI is InChI=1S/C15H25NO3S/c1-4-12(2)14-7-9-15(10-8-14)20(18,19)16-11-5-6-13(3)17/h7-10,12-13,16-17H,4-6,11H2,1-3H3. The molecule has 0 amide bonds. The van der Waals surface area contributed by atoms with Gasteiger partial charge in [-0.1, -0.05) is 26.0 Å². The minimum Gasteiger partial charge on any atom is -0.393 e. The van der Waals surface area contributed by atoms with E-state index in [1.807, 2.05) is 12.1 Å². The van der Waals surface area contributed by atoms with Crippen molar-refractivity contribution >= 4 is 10.0 Å². The first-order chi connectivity index (χ1) is 9.36. The Balaban J connectivity index is 2.63. The van der Waals surface area contributed by atoms with Crippen LogP contribution in [-0.2, 0) is 10.0 Å². The Morgan fingerprint density at radius 3 is 2.30 bits per heavy atom. The number of benzene rings is 1. The molecule has 2 atom stereocenters. The van der Waals surface area contributed by atoms with E-state index in [1.54, 1.807) is 19.1 Å². The van der Waals surface area contributed by atoms with E-state index in [2.05, 4.69) is 18.6 Å². The zero-order valence-electron chi connectivity index (χ0n) is 12.5. The molecule has 5 heteroatoms. The Morgan fingerprint density at radius 2 is 1.80 bits per heavy atom. The average molecular weight is 299 g/mol. The summed E-state index contributed by atoms with van der Waals surface area (Å²) < 4.78 is 26.7. The lowest BCUT2D eigenvalue weighted by Crippen LogP contribution is -2.25. The van der Waals surface area contributed by atoms with Crippen LogP contribution in [0.4, 0.5) is 0 Å². The molecule has 0 saturated carbocycles. The molecule has 0 saturated heterocycles. The molecule has 20 heavy (non-hydrogen) atoms. The number of hydrogen-bond donors (Lipinski definition) is 2. The lowest BCUT2D eigenvalue weighted by Gasteiger charge is -2.11. The number of nitrogens with one attached hydrogen (secondary N) is 1. The summed E-state index contributed by atoms with van der Waals surface area (Å²) >= 11 is 0. The predicted octanol–water partition coefficient (Wildman–Crippen LogP) is 2.64. The Bertz CT molecular complexity index is 494. The van der Waals surface area contributed by atoms with Crippen LogP contribution in [0.2, 0.25) is 0 Å². The Labute approximate surface area is 122 Å². The molecule has 1 aromatic carbocycles. The third-order valence-corrected chi connectivity index (χ3v) is 4.94. The van der Waals surface area contributed by atoms with Crippen molar-refractivity contribution in [3.05, 3.63) is 29.8 Å². The van der Waals surface area contributed by atoms with E-state index >= 15 is 0 Å². The molecule has 0 aliphatic carbocycles. The predicted molar refractivity (Wildman–Crippen MR) is 81.3 cm³/mol. The van der Waals surface area contributed by atoms with Crippen molar-refractivity contribution < 1.29 is 13.5 Å². The summed E-state index contributed by atoms with van der Waals surface area (Å²) in [5.41, 5.74) is 1.15. The molecule has 0 aromatic heterocycles. The Kier molecular flexibility index (Phi) is 6.65. The van der Waals surface area contributed by atoms with Crippen LogP contribution in [0.3, 0.4) is 0 Å². The van der Waals surface area contributed by atoms with E-state index in [4.69, 9.17) is 5.11 Å². The second-order valence-corrected chi connectivity index (χ2v) is 7.03. The second kappa shape index (κ2) is 7.76. The molecule has 0 aliphatic rings. The molecule has 0 spiro atoms. The van der Waals surface area contributed by atoms with Gasteiger partial charge in [-0.05, 0) is 49.8 Å². The maximum absolute atomic E-state index is 12.1. The second-order valence-electron chi connectivity index (χ2n) is 5.27. The number of sulfonamides is 1. The van der Waals surface area contributed by atoms with E-state index < -0.39 is 16.1 Å². The first-order valence-electron chi connectivity index (χ1n) is 7.14. The van der Waals surface area contributed by atoms with Crippen molar-refractivity contribution in [2.75, 3.05) is 6.54 Å². The fourth-order valence-electron chi connectivity index (χ4n) is 1.90. The number of hydrogen-bond acceptors (Lipinski definition) is 3. The SMILES string of the molecule is CCC(C)c1ccc(S(=O)(=O)NCCCC(C)O)cc1. The molecule has 114 valence electrons. The van der Waals surface area contributed by atoms with Crippen LogP contribution < -0.4 is 4.72 Å². The molecular formula is C15H25NO3S. The van der Waals surface area contributed by atoms with Gasteiger partial charge < -0.3 is 5.11 Å². The summed E-state index contributed by atoms with van der Waals surface area (Å²) in [5, 5.41) is 9.13. The minimum absolute atomic E-state index is 0.293. The molecule has 0 radical (unpaired) electrons. The van der Waals surface area contributed by atoms with Gasteiger partial charge in [0.2, 0.25) is 10.0 Å². The van der Waals surface area contributed by atoms with E-state index in [1.165, 1.54) is 0 Å². The summed E-state index contributed by atoms with van der Waals surface area (Å²) in [4.78, 5) is 0.293. The monoisotopic (exact) mass is 299 g/mol. The van der Waals surface area contributed by atoms with Gasteiger partial charge in [-0.2, -0.15) is 0 Å². The van der Waals surface area contributed by atoms with Crippen molar-refractivity contribution in [1.29, 1.82) is 0 Å². The third kappa shape index (κ3) is 5.23. The van der Waals surface area contributed by atoms with Crippen molar-refractivity contribution in [3.63, 3.8) is 0 Å². The van der Waals surface area contributed by atoms with Gasteiger partial charge >= 0.3 is 0 Å². The van der Waals surface area contributed by atoms with E-state index in [0.29, 0.717) is 30.2 Å². The first kappa shape index (κ1) is 17.1. The fraction of sp³-hybridized carbons (Fsp3) is 0.600. The van der Waals surface area contributed by atoms with Crippen molar-refractivity contribution in [1.82, 2.24) is 4.72 Å². The first-order valence-corrected chi connectivity index (χ1v) is 8.62. The van der Waals surface area contributed by atoms with E-state index in [9.17, 15) is 8.42 Å². The smallest absolute Gasteiger partial charge is 0.240 e. The lowest BCUT2D eigenvalue weighted by atomic mass is 9.99. The highest BCUT2D eigenvalue weighted by molar-refractivity contribution is 7.89. The minimum atomic E-state index is -3.44. The molecule has 0 aliphatic heterocycles. The highest BCUT2D eigenvalue weighted by Gasteiger charge is 2.13. The molecule has 2 N–H and O–H groups in total. The van der Waals surface area contributed by atoms with Gasteiger partial charge in [-0.25, -0.2) is 13.1 Å². The van der Waals surface area contributed by atoms with E-state index in [-0.39, 0.29) is 0 Å². The van der Waals surface area contributed by atoms with Crippen LogP contribution in [0.1, 0.15) is 51.5 Å². The molecule has 0 bridgehead atoms. The molecule has 1 aromatic rings. The van der Waals surface area contributed by atoms with Crippen LogP contribution in [0.25, 0.3) is 0 Å². The Hall–Kier alpha value is -0.910. The maximum atomic E-state index is 12.1. The van der Waals surface area contributed by atoms with Crippen molar-refractivity contribution in [2.24, 2.45) is 0 Å². The van der Waals surface area contributed by atoms with Crippen LogP contribution in [0.15, 0.2) is 29.2 Å². The van der Waals surface area contributed by atoms with Gasteiger partial charge in [0.25, 0.3) is 0 Å². The maximum Gasteiger partial charge on any atom is 0.240 e. The zero-order chi connectivity index (χ0) is 15.2. The van der Waals surface area contributed by atoms with Crippen LogP contribution in [-0.4, -0.2) is 26.2 Å². The number of aliphatic hydroxyl groups excluding tert-OH is 1. The summed E-state index contributed by atoms with van der Waals surface area (Å²) in [6.45, 7) is 6.28. The van der Waals surface area contributed by atoms with Gasteiger partial charge in [0.05, 0.1) is 11.0 Å². The molecule has 2 unspecified atom stereocenters. The van der Waals surface area contributed by atoms with Gasteiger partial charge in [0, 0.05) is 6.54 Å². The molecule has 0 heterocycles. The summed E-state index contributed by atoms with van der Waals surface area (Å²) in [6.07, 6.45) is 1.86. The lowest BCUT2D eigenvalue weighted by molar-refractivity contribution is 0.182. The zero-order valence-corrected chi connectivity index (χ0v) is 13.3. The topological polar surface area (TPSA) is 66.4 Å². The van der Waals surface area contributed by atoms with Gasteiger partial charge in [-0.3, -0.25) is 0 Å². The van der Waals surface area contributed by atoms with Crippen LogP contribution in [0, 0.1) is 0 Å². The van der Waals surface area contributed by atoms with Gasteiger partial charge in [0.1, 0.15) is 0 Å². The third-order valence-electron chi connectivity index (χ3n) is 3.46. The van der Waals surface area contributed by atoms with Gasteiger partial charge in [0.15, 0.2) is 0 Å². The fourth-order valence-corrected chi connectivity index (χ4v) is 2.97.